The van der Waals surface area contributed by atoms with Crippen molar-refractivity contribution in [3.8, 4) is 5.75 Å². The van der Waals surface area contributed by atoms with Gasteiger partial charge in [0.25, 0.3) is 0 Å². The fraction of sp³-hybridized carbons (Fsp3) is 0.400. The van der Waals surface area contributed by atoms with E-state index in [0.29, 0.717) is 18.3 Å². The predicted octanol–water partition coefficient (Wildman–Crippen LogP) is 2.77. The minimum absolute atomic E-state index is 0.418. The average Bonchev–Trinajstić information content (AvgIpc) is 2.64. The minimum atomic E-state index is 0.418. The third-order valence-corrected chi connectivity index (χ3v) is 3.81. The first-order valence-electron chi connectivity index (χ1n) is 6.64. The Morgan fingerprint density at radius 3 is 2.70 bits per heavy atom. The number of nitrogens with two attached hydrogens (primary N) is 1. The molecule has 0 saturated carbocycles. The van der Waals surface area contributed by atoms with E-state index in [1.54, 1.807) is 4.68 Å². The molecule has 0 aliphatic carbocycles. The fourth-order valence-electron chi connectivity index (χ4n) is 2.25. The molecule has 4 nitrogen and oxygen atoms in total. The summed E-state index contributed by atoms with van der Waals surface area (Å²) in [5.41, 5.74) is 9.71. The number of nitrogens with zero attached hydrogens (tertiary/aromatic N) is 2. The largest absolute Gasteiger partial charge is 0.488 e. The van der Waals surface area contributed by atoms with Gasteiger partial charge in [-0.15, -0.1) is 0 Å². The van der Waals surface area contributed by atoms with Gasteiger partial charge in [-0.25, -0.2) is 0 Å². The van der Waals surface area contributed by atoms with Crippen LogP contribution in [0.3, 0.4) is 0 Å². The molecule has 0 fully saturated rings. The van der Waals surface area contributed by atoms with Crippen LogP contribution >= 0.6 is 11.6 Å². The van der Waals surface area contributed by atoms with Crippen LogP contribution < -0.4 is 10.5 Å². The minimum Gasteiger partial charge on any atom is -0.488 e. The van der Waals surface area contributed by atoms with Crippen LogP contribution in [-0.2, 0) is 20.1 Å². The Labute approximate surface area is 124 Å². The molecule has 1 aromatic carbocycles. The number of hydrogen-bond donors (Lipinski definition) is 1. The first kappa shape index (κ1) is 14.9. The van der Waals surface area contributed by atoms with Gasteiger partial charge in [0.2, 0.25) is 0 Å². The van der Waals surface area contributed by atoms with E-state index in [9.17, 15) is 0 Å². The molecule has 0 amide bonds. The molecule has 0 aliphatic rings. The molecule has 1 aromatic heterocycles. The average molecular weight is 294 g/mol. The van der Waals surface area contributed by atoms with Crippen molar-refractivity contribution >= 4 is 11.6 Å². The number of aryl methyl sites for hydroxylation is 3. The van der Waals surface area contributed by atoms with Crippen molar-refractivity contribution in [2.75, 3.05) is 6.54 Å². The zero-order valence-electron chi connectivity index (χ0n) is 12.1. The van der Waals surface area contributed by atoms with Crippen LogP contribution in [0.5, 0.6) is 5.75 Å². The molecular weight excluding hydrogens is 274 g/mol. The number of aromatic nitrogens is 2. The molecule has 0 aliphatic heterocycles. The van der Waals surface area contributed by atoms with E-state index in [4.69, 9.17) is 22.1 Å². The van der Waals surface area contributed by atoms with Gasteiger partial charge in [-0.3, -0.25) is 4.68 Å². The van der Waals surface area contributed by atoms with Gasteiger partial charge in [-0.1, -0.05) is 29.8 Å². The van der Waals surface area contributed by atoms with Gasteiger partial charge in [0.05, 0.1) is 5.69 Å². The van der Waals surface area contributed by atoms with Gasteiger partial charge in [0.15, 0.2) is 0 Å². The van der Waals surface area contributed by atoms with Crippen molar-refractivity contribution in [3.05, 3.63) is 45.7 Å². The number of para-hydroxylation sites is 1. The van der Waals surface area contributed by atoms with Crippen LogP contribution in [0.2, 0.25) is 5.15 Å². The highest BCUT2D eigenvalue weighted by Gasteiger charge is 2.13. The maximum absolute atomic E-state index is 6.22. The molecule has 2 N–H and O–H groups in total. The van der Waals surface area contributed by atoms with Crippen molar-refractivity contribution in [1.82, 2.24) is 9.78 Å². The number of halogens is 1. The summed E-state index contributed by atoms with van der Waals surface area (Å²) in [5, 5.41) is 4.91. The van der Waals surface area contributed by atoms with Gasteiger partial charge in [0, 0.05) is 12.6 Å². The first-order valence-corrected chi connectivity index (χ1v) is 7.01. The Kier molecular flexibility index (Phi) is 4.68. The number of ether oxygens (including phenoxy) is 1. The van der Waals surface area contributed by atoms with Crippen molar-refractivity contribution in [2.24, 2.45) is 12.8 Å². The molecule has 0 atom stereocenters. The normalized spacial score (nSPS) is 10.8. The monoisotopic (exact) mass is 293 g/mol. The van der Waals surface area contributed by atoms with Gasteiger partial charge in [-0.2, -0.15) is 5.10 Å². The highest BCUT2D eigenvalue weighted by molar-refractivity contribution is 6.30. The summed E-state index contributed by atoms with van der Waals surface area (Å²) in [6.45, 7) is 4.99. The smallest absolute Gasteiger partial charge is 0.133 e. The Morgan fingerprint density at radius 1 is 1.35 bits per heavy atom. The van der Waals surface area contributed by atoms with E-state index in [1.807, 2.05) is 39.1 Å². The van der Waals surface area contributed by atoms with Crippen molar-refractivity contribution in [1.29, 1.82) is 0 Å². The summed E-state index contributed by atoms with van der Waals surface area (Å²) >= 11 is 6.22. The predicted molar refractivity (Wildman–Crippen MR) is 81.2 cm³/mol. The molecule has 0 spiro atoms. The molecule has 0 bridgehead atoms. The molecule has 2 aromatic rings. The third kappa shape index (κ3) is 2.97. The lowest BCUT2D eigenvalue weighted by Gasteiger charge is -2.13. The zero-order chi connectivity index (χ0) is 14.7. The Bertz CT molecular complexity index is 607. The number of rotatable bonds is 5. The maximum Gasteiger partial charge on any atom is 0.133 e. The summed E-state index contributed by atoms with van der Waals surface area (Å²) in [6.07, 6.45) is 0.802. The van der Waals surface area contributed by atoms with Gasteiger partial charge >= 0.3 is 0 Å². The quantitative estimate of drug-likeness (QED) is 0.922. The lowest BCUT2D eigenvalue weighted by Crippen LogP contribution is -2.07. The lowest BCUT2D eigenvalue weighted by molar-refractivity contribution is 0.300. The second kappa shape index (κ2) is 6.29. The standard InChI is InChI=1S/C15H20ClN3O/c1-10-5-4-6-12(7-8-17)14(10)20-9-13-11(2)18-19(3)15(13)16/h4-6H,7-9,17H2,1-3H3. The third-order valence-electron chi connectivity index (χ3n) is 3.34. The van der Waals surface area contributed by atoms with E-state index in [2.05, 4.69) is 5.10 Å². The van der Waals surface area contributed by atoms with Gasteiger partial charge < -0.3 is 10.5 Å². The summed E-state index contributed by atoms with van der Waals surface area (Å²) < 4.78 is 7.65. The maximum atomic E-state index is 6.22. The number of benzene rings is 1. The van der Waals surface area contributed by atoms with Gasteiger partial charge in [-0.05, 0) is 37.9 Å². The number of hydrogen-bond acceptors (Lipinski definition) is 3. The highest BCUT2D eigenvalue weighted by atomic mass is 35.5. The van der Waals surface area contributed by atoms with Crippen LogP contribution in [0.15, 0.2) is 18.2 Å². The lowest BCUT2D eigenvalue weighted by atomic mass is 10.1. The van der Waals surface area contributed by atoms with E-state index < -0.39 is 0 Å². The highest BCUT2D eigenvalue weighted by Crippen LogP contribution is 2.27. The van der Waals surface area contributed by atoms with Crippen molar-refractivity contribution < 1.29 is 4.74 Å². The molecule has 20 heavy (non-hydrogen) atoms. The Hall–Kier alpha value is -1.52. The molecule has 0 radical (unpaired) electrons. The van der Waals surface area contributed by atoms with E-state index in [1.165, 1.54) is 0 Å². The van der Waals surface area contributed by atoms with E-state index in [-0.39, 0.29) is 0 Å². The van der Waals surface area contributed by atoms with Crippen LogP contribution in [0.25, 0.3) is 0 Å². The van der Waals surface area contributed by atoms with Gasteiger partial charge in [0.1, 0.15) is 17.5 Å². The fourth-order valence-corrected chi connectivity index (χ4v) is 2.48. The first-order chi connectivity index (χ1) is 9.54. The topological polar surface area (TPSA) is 53.1 Å². The van der Waals surface area contributed by atoms with Crippen LogP contribution in [0.4, 0.5) is 0 Å². The molecule has 1 heterocycles. The second-order valence-electron chi connectivity index (χ2n) is 4.87. The summed E-state index contributed by atoms with van der Waals surface area (Å²) in [5.74, 6) is 0.900. The van der Waals surface area contributed by atoms with Crippen LogP contribution in [0, 0.1) is 13.8 Å². The van der Waals surface area contributed by atoms with Crippen molar-refractivity contribution in [2.45, 2.75) is 26.9 Å². The van der Waals surface area contributed by atoms with E-state index >= 15 is 0 Å². The van der Waals surface area contributed by atoms with E-state index in [0.717, 1.165) is 34.6 Å². The molecule has 0 unspecified atom stereocenters. The summed E-state index contributed by atoms with van der Waals surface area (Å²) in [4.78, 5) is 0. The second-order valence-corrected chi connectivity index (χ2v) is 5.23. The SMILES string of the molecule is Cc1cccc(CCN)c1OCc1c(C)nn(C)c1Cl. The molecule has 5 heteroatoms. The van der Waals surface area contributed by atoms with Crippen molar-refractivity contribution in [3.63, 3.8) is 0 Å². The molecule has 0 saturated heterocycles. The Morgan fingerprint density at radius 2 is 2.10 bits per heavy atom. The molecule has 108 valence electrons. The zero-order valence-corrected chi connectivity index (χ0v) is 12.9. The van der Waals surface area contributed by atoms with Crippen LogP contribution in [-0.4, -0.2) is 16.3 Å². The molecule has 2 rings (SSSR count). The molecular formula is C15H20ClN3O. The summed E-state index contributed by atoms with van der Waals surface area (Å²) in [6, 6.07) is 6.11. The Balaban J connectivity index is 2.22. The summed E-state index contributed by atoms with van der Waals surface area (Å²) in [7, 11) is 1.83. The van der Waals surface area contributed by atoms with Crippen LogP contribution in [0.1, 0.15) is 22.4 Å².